The molecule has 1 aromatic rings. The lowest BCUT2D eigenvalue weighted by Gasteiger charge is -2.35. The number of nitrogens with zero attached hydrogens (tertiary/aromatic N) is 3. The number of carbonyl (C=O) groups excluding carboxylic acids is 1. The Labute approximate surface area is 132 Å². The van der Waals surface area contributed by atoms with Crippen LogP contribution in [0.4, 0.5) is 0 Å². The normalized spacial score (nSPS) is 18.9. The van der Waals surface area contributed by atoms with Gasteiger partial charge >= 0.3 is 0 Å². The summed E-state index contributed by atoms with van der Waals surface area (Å²) in [6.07, 6.45) is 8.84. The summed E-state index contributed by atoms with van der Waals surface area (Å²) in [7, 11) is 0. The maximum absolute atomic E-state index is 12.6. The predicted molar refractivity (Wildman–Crippen MR) is 84.3 cm³/mol. The highest BCUT2D eigenvalue weighted by Gasteiger charge is 2.37. The van der Waals surface area contributed by atoms with E-state index < -0.39 is 0 Å². The molecule has 0 spiro atoms. The third-order valence-corrected chi connectivity index (χ3v) is 4.90. The highest BCUT2D eigenvalue weighted by atomic mass is 16.3. The summed E-state index contributed by atoms with van der Waals surface area (Å²) in [5.41, 5.74) is 0.612. The highest BCUT2D eigenvalue weighted by Crippen LogP contribution is 2.39. The number of amides is 1. The minimum Gasteiger partial charge on any atom is -0.396 e. The molecule has 1 unspecified atom stereocenters. The van der Waals surface area contributed by atoms with Gasteiger partial charge < -0.3 is 10.4 Å². The van der Waals surface area contributed by atoms with Gasteiger partial charge in [0.1, 0.15) is 0 Å². The molecule has 1 atom stereocenters. The molecule has 0 saturated heterocycles. The van der Waals surface area contributed by atoms with Crippen molar-refractivity contribution in [2.75, 3.05) is 13.2 Å². The van der Waals surface area contributed by atoms with Crippen molar-refractivity contribution in [3.05, 3.63) is 11.9 Å². The molecule has 0 aromatic carbocycles. The maximum Gasteiger partial charge on any atom is 0.226 e. The number of hydrogen-bond donors (Lipinski definition) is 2. The Morgan fingerprint density at radius 3 is 2.82 bits per heavy atom. The number of nitrogens with one attached hydrogen (secondary N) is 1. The number of aromatic nitrogens is 3. The minimum atomic E-state index is -0.164. The molecule has 1 heterocycles. The molecule has 2 N–H and O–H groups in total. The highest BCUT2D eigenvalue weighted by molar-refractivity contribution is 5.82. The van der Waals surface area contributed by atoms with Crippen molar-refractivity contribution in [2.45, 2.75) is 64.8 Å². The molecule has 124 valence electrons. The smallest absolute Gasteiger partial charge is 0.226 e. The Hall–Kier alpha value is -1.43. The molecule has 6 heteroatoms. The van der Waals surface area contributed by atoms with Gasteiger partial charge in [0.2, 0.25) is 5.91 Å². The van der Waals surface area contributed by atoms with Gasteiger partial charge in [-0.1, -0.05) is 31.4 Å². The second-order valence-electron chi connectivity index (χ2n) is 6.42. The van der Waals surface area contributed by atoms with E-state index in [1.807, 2.05) is 13.1 Å². The van der Waals surface area contributed by atoms with Gasteiger partial charge in [0, 0.05) is 31.2 Å². The number of hydrogen-bond acceptors (Lipinski definition) is 4. The molecule has 0 aliphatic heterocycles. The molecule has 0 bridgehead atoms. The molecular weight excluding hydrogens is 280 g/mol. The standard InChI is InChI=1S/C16H28N4O2/c1-3-16(8-5-4-6-9-16)15(22)17-11-13(2)20-12-14(7-10-21)18-19-20/h12-13,21H,3-11H2,1-2H3,(H,17,22). The summed E-state index contributed by atoms with van der Waals surface area (Å²) in [6.45, 7) is 4.76. The molecule has 1 amide bonds. The van der Waals surface area contributed by atoms with Gasteiger partial charge in [-0.3, -0.25) is 4.79 Å². The SMILES string of the molecule is CCC1(C(=O)NCC(C)n2cc(CCO)nn2)CCCCC1. The molecular formula is C16H28N4O2. The van der Waals surface area contributed by atoms with Crippen molar-refractivity contribution in [1.29, 1.82) is 0 Å². The molecule has 1 fully saturated rings. The molecule has 1 aliphatic rings. The van der Waals surface area contributed by atoms with Crippen LogP contribution in [0, 0.1) is 5.41 Å². The number of rotatable bonds is 7. The monoisotopic (exact) mass is 308 g/mol. The van der Waals surface area contributed by atoms with Gasteiger partial charge in [-0.25, -0.2) is 4.68 Å². The maximum atomic E-state index is 12.6. The number of aliphatic hydroxyl groups excluding tert-OH is 1. The summed E-state index contributed by atoms with van der Waals surface area (Å²) in [5.74, 6) is 0.192. The van der Waals surface area contributed by atoms with E-state index in [0.717, 1.165) is 37.8 Å². The lowest BCUT2D eigenvalue weighted by atomic mass is 9.71. The summed E-state index contributed by atoms with van der Waals surface area (Å²) < 4.78 is 1.75. The summed E-state index contributed by atoms with van der Waals surface area (Å²) in [5, 5.41) is 20.1. The average molecular weight is 308 g/mol. The third kappa shape index (κ3) is 3.85. The van der Waals surface area contributed by atoms with E-state index in [1.54, 1.807) is 4.68 Å². The van der Waals surface area contributed by atoms with Crippen molar-refractivity contribution in [3.8, 4) is 0 Å². The van der Waals surface area contributed by atoms with Crippen molar-refractivity contribution >= 4 is 5.91 Å². The zero-order chi connectivity index (χ0) is 16.0. The minimum absolute atomic E-state index is 0.0568. The van der Waals surface area contributed by atoms with Crippen molar-refractivity contribution in [3.63, 3.8) is 0 Å². The van der Waals surface area contributed by atoms with Gasteiger partial charge in [-0.2, -0.15) is 0 Å². The van der Waals surface area contributed by atoms with E-state index in [-0.39, 0.29) is 24.0 Å². The number of aliphatic hydroxyl groups is 1. The van der Waals surface area contributed by atoms with Crippen molar-refractivity contribution in [2.24, 2.45) is 5.41 Å². The first-order chi connectivity index (χ1) is 10.6. The van der Waals surface area contributed by atoms with Gasteiger partial charge in [0.15, 0.2) is 0 Å². The summed E-state index contributed by atoms with van der Waals surface area (Å²) in [6, 6.07) is 0.0568. The Balaban J connectivity index is 1.88. The Morgan fingerprint density at radius 1 is 1.45 bits per heavy atom. The molecule has 1 saturated carbocycles. The van der Waals surface area contributed by atoms with Crippen LogP contribution in [-0.4, -0.2) is 39.2 Å². The van der Waals surface area contributed by atoms with E-state index in [0.29, 0.717) is 13.0 Å². The number of carbonyl (C=O) groups is 1. The van der Waals surface area contributed by atoms with Crippen LogP contribution in [0.3, 0.4) is 0 Å². The van der Waals surface area contributed by atoms with Gasteiger partial charge in [0.25, 0.3) is 0 Å². The van der Waals surface area contributed by atoms with Crippen LogP contribution >= 0.6 is 0 Å². The zero-order valence-electron chi connectivity index (χ0n) is 13.7. The molecule has 6 nitrogen and oxygen atoms in total. The van der Waals surface area contributed by atoms with Gasteiger partial charge in [-0.15, -0.1) is 5.10 Å². The Morgan fingerprint density at radius 2 is 2.18 bits per heavy atom. The second kappa shape index (κ2) is 7.72. The van der Waals surface area contributed by atoms with Crippen molar-refractivity contribution in [1.82, 2.24) is 20.3 Å². The van der Waals surface area contributed by atoms with Crippen molar-refractivity contribution < 1.29 is 9.90 Å². The molecule has 2 rings (SSSR count). The fraction of sp³-hybridized carbons (Fsp3) is 0.812. The van der Waals surface area contributed by atoms with E-state index in [4.69, 9.17) is 5.11 Å². The average Bonchev–Trinajstić information content (AvgIpc) is 3.02. The molecule has 1 aliphatic carbocycles. The van der Waals surface area contributed by atoms with Crippen LogP contribution in [0.15, 0.2) is 6.20 Å². The van der Waals surface area contributed by atoms with Crippen LogP contribution in [0.2, 0.25) is 0 Å². The van der Waals surface area contributed by atoms with E-state index in [1.165, 1.54) is 6.42 Å². The first-order valence-electron chi connectivity index (χ1n) is 8.41. The second-order valence-corrected chi connectivity index (χ2v) is 6.42. The molecule has 0 radical (unpaired) electrons. The lowest BCUT2D eigenvalue weighted by molar-refractivity contribution is -0.133. The van der Waals surface area contributed by atoms with Crippen LogP contribution in [-0.2, 0) is 11.2 Å². The largest absolute Gasteiger partial charge is 0.396 e. The van der Waals surface area contributed by atoms with Crippen LogP contribution < -0.4 is 5.32 Å². The third-order valence-electron chi connectivity index (χ3n) is 4.90. The quantitative estimate of drug-likeness (QED) is 0.805. The Bertz CT molecular complexity index is 480. The van der Waals surface area contributed by atoms with E-state index in [2.05, 4.69) is 22.6 Å². The van der Waals surface area contributed by atoms with Gasteiger partial charge in [-0.05, 0) is 26.2 Å². The first kappa shape index (κ1) is 16.9. The fourth-order valence-corrected chi connectivity index (χ4v) is 3.25. The zero-order valence-corrected chi connectivity index (χ0v) is 13.7. The first-order valence-corrected chi connectivity index (χ1v) is 8.41. The summed E-state index contributed by atoms with van der Waals surface area (Å²) in [4.78, 5) is 12.6. The van der Waals surface area contributed by atoms with Crippen LogP contribution in [0.1, 0.15) is 64.1 Å². The fourth-order valence-electron chi connectivity index (χ4n) is 3.25. The summed E-state index contributed by atoms with van der Waals surface area (Å²) >= 11 is 0. The van der Waals surface area contributed by atoms with E-state index >= 15 is 0 Å². The Kier molecular flexibility index (Phi) is 5.94. The van der Waals surface area contributed by atoms with E-state index in [9.17, 15) is 4.79 Å². The topological polar surface area (TPSA) is 80.0 Å². The van der Waals surface area contributed by atoms with Gasteiger partial charge in [0.05, 0.1) is 11.7 Å². The molecule has 1 aromatic heterocycles. The lowest BCUT2D eigenvalue weighted by Crippen LogP contribution is -2.43. The van der Waals surface area contributed by atoms with Crippen LogP contribution in [0.25, 0.3) is 0 Å². The predicted octanol–water partition coefficient (Wildman–Crippen LogP) is 1.85. The molecule has 22 heavy (non-hydrogen) atoms. The van der Waals surface area contributed by atoms with Crippen LogP contribution in [0.5, 0.6) is 0 Å².